The molecule has 1 heterocycles. The number of H-pyrrole nitrogens is 1. The van der Waals surface area contributed by atoms with Gasteiger partial charge >= 0.3 is 84.0 Å². The Morgan fingerprint density at radius 3 is 2.91 bits per heavy atom. The van der Waals surface area contributed by atoms with Crippen molar-refractivity contribution in [3.05, 3.63) is 19.6 Å². The fraction of sp³-hybridized carbons (Fsp3) is 0.200. The van der Waals surface area contributed by atoms with Crippen molar-refractivity contribution in [1.82, 2.24) is 9.97 Å². The Morgan fingerprint density at radius 1 is 1.73 bits per heavy atom. The van der Waals surface area contributed by atoms with E-state index < -0.39 is 0 Å². The fourth-order valence-electron chi connectivity index (χ4n) is 0.591. The molecule has 4 nitrogen and oxygen atoms in total. The summed E-state index contributed by atoms with van der Waals surface area (Å²) in [5.74, 6) is 0.215. The molecule has 62 valence electrons. The van der Waals surface area contributed by atoms with Crippen molar-refractivity contribution in [1.29, 1.82) is 0 Å². The first-order valence-electron chi connectivity index (χ1n) is 2.77. The number of hydrogen-bond acceptors (Lipinski definition) is 3. The zero-order valence-corrected chi connectivity index (χ0v) is 10.0. The van der Waals surface area contributed by atoms with Crippen LogP contribution in [0.15, 0.2) is 4.79 Å². The maximum absolute atomic E-state index is 11.1. The van der Waals surface area contributed by atoms with Crippen LogP contribution in [0.25, 0.3) is 0 Å². The zero-order chi connectivity index (χ0) is 8.43. The van der Waals surface area contributed by atoms with Gasteiger partial charge in [-0.2, -0.15) is 0 Å². The fourth-order valence-corrected chi connectivity index (χ4v) is 4.16. The number of anilines is 1. The summed E-state index contributed by atoms with van der Waals surface area (Å²) in [5.41, 5.74) is 5.93. The average Bonchev–Trinajstić information content (AvgIpc) is 1.96. The molecule has 0 fully saturated rings. The van der Waals surface area contributed by atoms with Crippen LogP contribution in [0.4, 0.5) is 5.95 Å². The number of nitrogens with one attached hydrogen (secondary N) is 1. The molecule has 0 bridgehead atoms. The third-order valence-corrected chi connectivity index (χ3v) is 5.21. The molecule has 3 N–H and O–H groups in total. The van der Waals surface area contributed by atoms with Crippen molar-refractivity contribution in [2.24, 2.45) is 0 Å². The van der Waals surface area contributed by atoms with E-state index in [4.69, 9.17) is 5.73 Å². The maximum atomic E-state index is 11.1. The van der Waals surface area contributed by atoms with Crippen LogP contribution in [-0.2, 0) is 0 Å². The van der Waals surface area contributed by atoms with Gasteiger partial charge in [-0.1, -0.05) is 0 Å². The molecule has 0 aromatic carbocycles. The van der Waals surface area contributed by atoms with Crippen LogP contribution in [0.3, 0.4) is 0 Å². The van der Waals surface area contributed by atoms with E-state index in [2.05, 4.69) is 28.6 Å². The van der Waals surface area contributed by atoms with E-state index in [9.17, 15) is 4.79 Å². The van der Waals surface area contributed by atoms with Crippen LogP contribution in [-0.4, -0.2) is 9.97 Å². The molecule has 0 atom stereocenters. The van der Waals surface area contributed by atoms with Crippen molar-refractivity contribution < 1.29 is 17.2 Å². The predicted octanol–water partition coefficient (Wildman–Crippen LogP) is -2.73. The van der Waals surface area contributed by atoms with Gasteiger partial charge in [0.2, 0.25) is 0 Å². The van der Waals surface area contributed by atoms with Gasteiger partial charge in [0.05, 0.1) is 0 Å². The Bertz CT molecular complexity index is 322. The summed E-state index contributed by atoms with van der Waals surface area (Å²) in [5, 5.41) is 0. The van der Waals surface area contributed by atoms with Crippen molar-refractivity contribution >= 4 is 24.6 Å². The van der Waals surface area contributed by atoms with Crippen molar-refractivity contribution in [2.75, 3.05) is 5.73 Å². The van der Waals surface area contributed by atoms with Crippen molar-refractivity contribution in [3.8, 4) is 0 Å². The van der Waals surface area contributed by atoms with Gasteiger partial charge in [-0.25, -0.2) is 0 Å². The minimum atomic E-state index is -0.187. The number of hydrogen-bond donors (Lipinski definition) is 2. The molecule has 0 unspecified atom stereocenters. The normalized spacial score (nSPS) is 10.4. The molecule has 0 aliphatic carbocycles. The molecule has 11 heavy (non-hydrogen) atoms. The van der Waals surface area contributed by atoms with Gasteiger partial charge in [0.15, 0.2) is 0 Å². The molecule has 0 amide bonds. The number of nitrogen functional groups attached to an aromatic ring is 1. The quantitative estimate of drug-likeness (QED) is 0.412. The van der Waals surface area contributed by atoms with Gasteiger partial charge in [0.1, 0.15) is 0 Å². The molecule has 1 aromatic heterocycles. The SMILES string of the molecule is Cc1c([I-]I)nc(N)[nH]c1=O. The average molecular weight is 378 g/mol. The predicted molar refractivity (Wildman–Crippen MR) is 46.7 cm³/mol. The first kappa shape index (κ1) is 9.23. The standard InChI is InChI=1S/C5H6I2N3O/c1-2-3(7-6)9-5(8)10-4(2)11/h1H3,(H3,8,9,10,11)/q-1. The van der Waals surface area contributed by atoms with E-state index in [1.807, 2.05) is 0 Å². The summed E-state index contributed by atoms with van der Waals surface area (Å²) >= 11 is 2.06. The number of halogens is 2. The Labute approximate surface area is 83.4 Å². The molecule has 1 rings (SSSR count). The summed E-state index contributed by atoms with van der Waals surface area (Å²) in [4.78, 5) is 17.5. The number of aromatic nitrogens is 2. The van der Waals surface area contributed by atoms with Gasteiger partial charge in [-0.15, -0.1) is 0 Å². The summed E-state index contributed by atoms with van der Waals surface area (Å²) in [6.45, 7) is 1.76. The zero-order valence-electron chi connectivity index (χ0n) is 5.69. The van der Waals surface area contributed by atoms with E-state index in [0.29, 0.717) is 5.56 Å². The van der Waals surface area contributed by atoms with E-state index >= 15 is 0 Å². The molecule has 0 radical (unpaired) electrons. The van der Waals surface area contributed by atoms with Crippen LogP contribution in [0.1, 0.15) is 5.56 Å². The Balaban J connectivity index is 3.36. The Hall–Kier alpha value is 0.140. The van der Waals surface area contributed by atoms with Crippen molar-refractivity contribution in [3.63, 3.8) is 0 Å². The van der Waals surface area contributed by atoms with Crippen LogP contribution < -0.4 is 28.5 Å². The molecule has 0 aliphatic heterocycles. The second-order valence-electron chi connectivity index (χ2n) is 1.94. The van der Waals surface area contributed by atoms with Crippen molar-refractivity contribution in [2.45, 2.75) is 6.92 Å². The number of nitrogens with two attached hydrogens (primary N) is 1. The molecule has 0 saturated carbocycles. The third kappa shape index (κ3) is 2.04. The summed E-state index contributed by atoms with van der Waals surface area (Å²) in [6, 6.07) is 0. The summed E-state index contributed by atoms with van der Waals surface area (Å²) in [7, 11) is 0. The van der Waals surface area contributed by atoms with Crippen LogP contribution in [0, 0.1) is 10.6 Å². The molecule has 0 saturated heterocycles. The molecule has 1 aromatic rings. The molecule has 0 spiro atoms. The summed E-state index contributed by atoms with van der Waals surface area (Å²) < 4.78 is 0.866. The van der Waals surface area contributed by atoms with E-state index in [0.717, 1.165) is 3.70 Å². The Morgan fingerprint density at radius 2 is 2.36 bits per heavy atom. The number of nitrogens with zero attached hydrogens (tertiary/aromatic N) is 1. The number of aromatic amines is 1. The van der Waals surface area contributed by atoms with Gasteiger partial charge in [-0.05, 0) is 0 Å². The molecule has 0 aliphatic rings. The molecular formula is C5H6I2N3O-. The van der Waals surface area contributed by atoms with E-state index in [1.165, 1.54) is 0 Å². The van der Waals surface area contributed by atoms with Crippen LogP contribution >= 0.6 is 18.6 Å². The van der Waals surface area contributed by atoms with Gasteiger partial charge in [-0.3, -0.25) is 0 Å². The summed E-state index contributed by atoms with van der Waals surface area (Å²) in [6.07, 6.45) is 0. The van der Waals surface area contributed by atoms with E-state index in [-0.39, 0.29) is 28.7 Å². The van der Waals surface area contributed by atoms with Crippen LogP contribution in [0.2, 0.25) is 0 Å². The molecule has 6 heteroatoms. The number of rotatable bonds is 1. The minimum absolute atomic E-state index is 0.121. The second-order valence-corrected chi connectivity index (χ2v) is 6.10. The van der Waals surface area contributed by atoms with Gasteiger partial charge in [0.25, 0.3) is 0 Å². The third-order valence-electron chi connectivity index (χ3n) is 1.18. The first-order valence-corrected chi connectivity index (χ1v) is 10.1. The van der Waals surface area contributed by atoms with Gasteiger partial charge in [0, 0.05) is 0 Å². The first-order chi connectivity index (χ1) is 5.15. The van der Waals surface area contributed by atoms with Crippen LogP contribution in [0.5, 0.6) is 0 Å². The topological polar surface area (TPSA) is 71.8 Å². The Kier molecular flexibility index (Phi) is 3.10. The second kappa shape index (κ2) is 3.70. The monoisotopic (exact) mass is 378 g/mol. The van der Waals surface area contributed by atoms with Gasteiger partial charge < -0.3 is 0 Å². The molecular weight excluding hydrogens is 372 g/mol. The van der Waals surface area contributed by atoms with E-state index in [1.54, 1.807) is 6.92 Å².